The minimum atomic E-state index is -0.420. The van der Waals surface area contributed by atoms with Crippen LogP contribution in [0.5, 0.6) is 5.75 Å². The Balaban J connectivity index is 1.85. The molecule has 2 aromatic rings. The van der Waals surface area contributed by atoms with E-state index in [9.17, 15) is 14.4 Å². The smallest absolute Gasteiger partial charge is 0.261 e. The molecule has 6 nitrogen and oxygen atoms in total. The number of rotatable bonds is 5. The summed E-state index contributed by atoms with van der Waals surface area (Å²) < 4.78 is 5.12. The first-order chi connectivity index (χ1) is 12.0. The van der Waals surface area contributed by atoms with E-state index in [0.29, 0.717) is 22.6 Å². The number of nitrogens with one attached hydrogen (secondary N) is 1. The zero-order chi connectivity index (χ0) is 18.0. The number of benzene rings is 2. The molecular formula is C19H16N2O4. The summed E-state index contributed by atoms with van der Waals surface area (Å²) in [5, 5.41) is 2.74. The second-order valence-corrected chi connectivity index (χ2v) is 5.46. The predicted molar refractivity (Wildman–Crippen MR) is 93.0 cm³/mol. The Bertz CT molecular complexity index is 889. The van der Waals surface area contributed by atoms with Crippen LogP contribution < -0.4 is 10.1 Å². The molecule has 25 heavy (non-hydrogen) atoms. The van der Waals surface area contributed by atoms with Crippen molar-refractivity contribution >= 4 is 23.4 Å². The molecule has 0 saturated carbocycles. The third-order valence-corrected chi connectivity index (χ3v) is 3.87. The summed E-state index contributed by atoms with van der Waals surface area (Å²) in [6.07, 6.45) is 1.48. The van der Waals surface area contributed by atoms with E-state index in [2.05, 4.69) is 11.9 Å². The number of nitrogens with zero attached hydrogens (tertiary/aromatic N) is 1. The average Bonchev–Trinajstić information content (AvgIpc) is 2.86. The number of amides is 3. The summed E-state index contributed by atoms with van der Waals surface area (Å²) in [6.45, 7) is 3.68. The number of anilines is 1. The van der Waals surface area contributed by atoms with Gasteiger partial charge in [-0.15, -0.1) is 6.58 Å². The minimum absolute atomic E-state index is 0.137. The van der Waals surface area contributed by atoms with E-state index in [4.69, 9.17) is 4.74 Å². The van der Waals surface area contributed by atoms with Crippen LogP contribution in [0.3, 0.4) is 0 Å². The van der Waals surface area contributed by atoms with E-state index in [1.165, 1.54) is 24.3 Å². The van der Waals surface area contributed by atoms with Gasteiger partial charge in [-0.25, -0.2) is 0 Å². The Kier molecular flexibility index (Phi) is 4.35. The van der Waals surface area contributed by atoms with Crippen LogP contribution in [0, 0.1) is 0 Å². The van der Waals surface area contributed by atoms with Gasteiger partial charge in [-0.3, -0.25) is 19.3 Å². The van der Waals surface area contributed by atoms with E-state index in [1.807, 2.05) is 0 Å². The summed E-state index contributed by atoms with van der Waals surface area (Å²) in [4.78, 5) is 38.0. The van der Waals surface area contributed by atoms with Gasteiger partial charge in [0.05, 0.1) is 18.2 Å². The molecule has 0 saturated heterocycles. The molecule has 126 valence electrons. The third kappa shape index (κ3) is 3.01. The van der Waals surface area contributed by atoms with Gasteiger partial charge < -0.3 is 10.1 Å². The average molecular weight is 336 g/mol. The first-order valence-corrected chi connectivity index (χ1v) is 7.61. The highest BCUT2D eigenvalue weighted by Crippen LogP contribution is 2.24. The molecule has 0 radical (unpaired) electrons. The molecule has 6 heteroatoms. The highest BCUT2D eigenvalue weighted by molar-refractivity contribution is 6.22. The minimum Gasteiger partial charge on any atom is -0.497 e. The normalized spacial score (nSPS) is 12.8. The summed E-state index contributed by atoms with van der Waals surface area (Å²) in [5.41, 5.74) is 1.39. The molecule has 0 fully saturated rings. The van der Waals surface area contributed by atoms with Crippen molar-refractivity contribution in [2.45, 2.75) is 0 Å². The van der Waals surface area contributed by atoms with Crippen molar-refractivity contribution in [3.8, 4) is 5.75 Å². The van der Waals surface area contributed by atoms with Crippen molar-refractivity contribution in [2.75, 3.05) is 19.0 Å². The molecule has 2 aromatic carbocycles. The Morgan fingerprint density at radius 2 is 1.92 bits per heavy atom. The highest BCUT2D eigenvalue weighted by Gasteiger charge is 2.35. The van der Waals surface area contributed by atoms with Crippen LogP contribution in [0.4, 0.5) is 5.69 Å². The molecule has 0 bridgehead atoms. The van der Waals surface area contributed by atoms with Crippen LogP contribution >= 0.6 is 0 Å². The van der Waals surface area contributed by atoms with Crippen molar-refractivity contribution in [3.63, 3.8) is 0 Å². The molecule has 1 aliphatic rings. The molecule has 3 amide bonds. The van der Waals surface area contributed by atoms with Crippen LogP contribution in [-0.2, 0) is 0 Å². The molecule has 0 atom stereocenters. The maximum Gasteiger partial charge on any atom is 0.261 e. The van der Waals surface area contributed by atoms with E-state index >= 15 is 0 Å². The second kappa shape index (κ2) is 6.60. The standard InChI is InChI=1S/C19H16N2O4/c1-3-9-21-18(23)15-8-7-12(10-16(15)19(21)24)17(22)20-13-5-4-6-14(11-13)25-2/h3-8,10-11H,1,9H2,2H3,(H,20,22). The van der Waals surface area contributed by atoms with Gasteiger partial charge >= 0.3 is 0 Å². The van der Waals surface area contributed by atoms with Crippen LogP contribution in [0.15, 0.2) is 55.1 Å². The first kappa shape index (κ1) is 16.4. The van der Waals surface area contributed by atoms with Gasteiger partial charge in [0.25, 0.3) is 17.7 Å². The van der Waals surface area contributed by atoms with Gasteiger partial charge in [0, 0.05) is 23.9 Å². The number of ether oxygens (including phenoxy) is 1. The number of hydrogen-bond acceptors (Lipinski definition) is 4. The van der Waals surface area contributed by atoms with Gasteiger partial charge in [-0.2, -0.15) is 0 Å². The van der Waals surface area contributed by atoms with Crippen molar-refractivity contribution in [3.05, 3.63) is 71.8 Å². The Hall–Kier alpha value is -3.41. The lowest BCUT2D eigenvalue weighted by Gasteiger charge is -2.09. The first-order valence-electron chi connectivity index (χ1n) is 7.61. The maximum absolute atomic E-state index is 12.4. The summed E-state index contributed by atoms with van der Waals surface area (Å²) >= 11 is 0. The van der Waals surface area contributed by atoms with Crippen LogP contribution in [-0.4, -0.2) is 36.3 Å². The van der Waals surface area contributed by atoms with E-state index in [1.54, 1.807) is 31.4 Å². The van der Waals surface area contributed by atoms with Crippen molar-refractivity contribution in [1.82, 2.24) is 4.90 Å². The number of carbonyl (C=O) groups is 3. The van der Waals surface area contributed by atoms with E-state index in [-0.39, 0.29) is 23.9 Å². The summed E-state index contributed by atoms with van der Waals surface area (Å²) in [7, 11) is 1.54. The fraction of sp³-hybridized carbons (Fsp3) is 0.105. The van der Waals surface area contributed by atoms with Crippen molar-refractivity contribution < 1.29 is 19.1 Å². The summed E-state index contributed by atoms with van der Waals surface area (Å²) in [5.74, 6) is -0.554. The van der Waals surface area contributed by atoms with E-state index < -0.39 is 5.91 Å². The third-order valence-electron chi connectivity index (χ3n) is 3.87. The lowest BCUT2D eigenvalue weighted by atomic mass is 10.1. The zero-order valence-corrected chi connectivity index (χ0v) is 13.6. The van der Waals surface area contributed by atoms with Crippen molar-refractivity contribution in [2.24, 2.45) is 0 Å². The largest absolute Gasteiger partial charge is 0.497 e. The second-order valence-electron chi connectivity index (χ2n) is 5.46. The molecule has 0 spiro atoms. The lowest BCUT2D eigenvalue weighted by Crippen LogP contribution is -2.29. The quantitative estimate of drug-likeness (QED) is 0.673. The van der Waals surface area contributed by atoms with E-state index in [0.717, 1.165) is 4.90 Å². The molecule has 1 N–H and O–H groups in total. The molecule has 3 rings (SSSR count). The Morgan fingerprint density at radius 3 is 2.64 bits per heavy atom. The molecule has 0 aliphatic carbocycles. The fourth-order valence-electron chi connectivity index (χ4n) is 2.63. The van der Waals surface area contributed by atoms with Gasteiger partial charge in [0.15, 0.2) is 0 Å². The Morgan fingerprint density at radius 1 is 1.16 bits per heavy atom. The molecule has 1 aliphatic heterocycles. The van der Waals surface area contributed by atoms with Gasteiger partial charge in [0.1, 0.15) is 5.75 Å². The monoisotopic (exact) mass is 336 g/mol. The predicted octanol–water partition coefficient (Wildman–Crippen LogP) is 2.73. The lowest BCUT2D eigenvalue weighted by molar-refractivity contribution is 0.0672. The maximum atomic E-state index is 12.4. The number of carbonyl (C=O) groups excluding carboxylic acids is 3. The van der Waals surface area contributed by atoms with Crippen LogP contribution in [0.2, 0.25) is 0 Å². The molecule has 0 unspecified atom stereocenters. The Labute approximate surface area is 144 Å². The number of imide groups is 1. The molecule has 0 aromatic heterocycles. The zero-order valence-electron chi connectivity index (χ0n) is 13.6. The van der Waals surface area contributed by atoms with Crippen LogP contribution in [0.1, 0.15) is 31.1 Å². The van der Waals surface area contributed by atoms with Gasteiger partial charge in [-0.1, -0.05) is 12.1 Å². The fourth-order valence-corrected chi connectivity index (χ4v) is 2.63. The SMILES string of the molecule is C=CCN1C(=O)c2ccc(C(=O)Nc3cccc(OC)c3)cc2C1=O. The highest BCUT2D eigenvalue weighted by atomic mass is 16.5. The van der Waals surface area contributed by atoms with Gasteiger partial charge in [-0.05, 0) is 30.3 Å². The summed E-state index contributed by atoms with van der Waals surface area (Å²) in [6, 6.07) is 11.4. The topological polar surface area (TPSA) is 75.7 Å². The molecule has 1 heterocycles. The van der Waals surface area contributed by atoms with Crippen molar-refractivity contribution in [1.29, 1.82) is 0 Å². The number of methoxy groups -OCH3 is 1. The molecular weight excluding hydrogens is 320 g/mol. The number of fused-ring (bicyclic) bond motifs is 1. The number of hydrogen-bond donors (Lipinski definition) is 1. The van der Waals surface area contributed by atoms with Crippen LogP contribution in [0.25, 0.3) is 0 Å². The van der Waals surface area contributed by atoms with Gasteiger partial charge in [0.2, 0.25) is 0 Å².